The molecule has 0 bridgehead atoms. The van der Waals surface area contributed by atoms with Crippen molar-refractivity contribution in [3.63, 3.8) is 0 Å². The number of hydrogen-bond donors (Lipinski definition) is 2. The highest BCUT2D eigenvalue weighted by Gasteiger charge is 2.12. The van der Waals surface area contributed by atoms with Gasteiger partial charge in [0.15, 0.2) is 5.84 Å². The van der Waals surface area contributed by atoms with Gasteiger partial charge in [-0.2, -0.15) is 0 Å². The number of carbonyl (C=O) groups is 1. The zero-order valence-corrected chi connectivity index (χ0v) is 12.8. The SMILES string of the molecule is CN(CCS(C)(=O)=O)C(=O)Cc1ccc(C(N)=NO)cc1. The second-order valence-corrected chi connectivity index (χ2v) is 7.06. The van der Waals surface area contributed by atoms with Gasteiger partial charge in [0.1, 0.15) is 9.84 Å². The first kappa shape index (κ1) is 17.0. The van der Waals surface area contributed by atoms with Crippen LogP contribution in [0.25, 0.3) is 0 Å². The molecule has 0 aliphatic heterocycles. The van der Waals surface area contributed by atoms with Crippen LogP contribution in [0.5, 0.6) is 0 Å². The smallest absolute Gasteiger partial charge is 0.226 e. The van der Waals surface area contributed by atoms with Crippen LogP contribution >= 0.6 is 0 Å². The summed E-state index contributed by atoms with van der Waals surface area (Å²) in [6.45, 7) is 0.167. The lowest BCUT2D eigenvalue weighted by atomic mass is 10.1. The largest absolute Gasteiger partial charge is 0.409 e. The zero-order chi connectivity index (χ0) is 16.0. The minimum absolute atomic E-state index is 0.00172. The van der Waals surface area contributed by atoms with E-state index in [9.17, 15) is 13.2 Å². The third kappa shape index (κ3) is 5.82. The molecule has 8 heteroatoms. The van der Waals surface area contributed by atoms with Crippen molar-refractivity contribution in [1.29, 1.82) is 0 Å². The Morgan fingerprint density at radius 1 is 1.33 bits per heavy atom. The average molecular weight is 313 g/mol. The maximum Gasteiger partial charge on any atom is 0.226 e. The highest BCUT2D eigenvalue weighted by Crippen LogP contribution is 2.06. The number of amides is 1. The van der Waals surface area contributed by atoms with Gasteiger partial charge >= 0.3 is 0 Å². The van der Waals surface area contributed by atoms with Gasteiger partial charge in [-0.25, -0.2) is 8.42 Å². The number of carbonyl (C=O) groups excluding carboxylic acids is 1. The molecule has 0 aromatic heterocycles. The Labute approximate surface area is 124 Å². The second-order valence-electron chi connectivity index (χ2n) is 4.80. The topological polar surface area (TPSA) is 113 Å². The molecule has 116 valence electrons. The molecule has 0 aliphatic rings. The number of rotatable bonds is 6. The van der Waals surface area contributed by atoms with Crippen LogP contribution in [0.4, 0.5) is 0 Å². The molecule has 0 atom stereocenters. The van der Waals surface area contributed by atoms with Crippen LogP contribution in [-0.2, 0) is 21.1 Å². The van der Waals surface area contributed by atoms with Gasteiger partial charge in [-0.15, -0.1) is 0 Å². The van der Waals surface area contributed by atoms with Crippen LogP contribution in [0.15, 0.2) is 29.4 Å². The third-order valence-corrected chi connectivity index (χ3v) is 3.86. The average Bonchev–Trinajstić information content (AvgIpc) is 2.43. The lowest BCUT2D eigenvalue weighted by molar-refractivity contribution is -0.128. The predicted octanol–water partition coefficient (Wildman–Crippen LogP) is -0.173. The Kier molecular flexibility index (Phi) is 5.71. The molecule has 7 nitrogen and oxygen atoms in total. The van der Waals surface area contributed by atoms with Crippen LogP contribution in [0.3, 0.4) is 0 Å². The summed E-state index contributed by atoms with van der Waals surface area (Å²) in [5.74, 6) is -0.231. The fourth-order valence-corrected chi connectivity index (χ4v) is 2.19. The van der Waals surface area contributed by atoms with Crippen LogP contribution in [0.2, 0.25) is 0 Å². The Morgan fingerprint density at radius 3 is 2.38 bits per heavy atom. The Hall–Kier alpha value is -2.09. The van der Waals surface area contributed by atoms with Crippen LogP contribution < -0.4 is 5.73 Å². The van der Waals surface area contributed by atoms with Crippen molar-refractivity contribution >= 4 is 21.6 Å². The molecule has 3 N–H and O–H groups in total. The van der Waals surface area contributed by atoms with Gasteiger partial charge < -0.3 is 15.8 Å². The molecule has 1 rings (SSSR count). The quantitative estimate of drug-likeness (QED) is 0.327. The predicted molar refractivity (Wildman–Crippen MR) is 80.0 cm³/mol. The monoisotopic (exact) mass is 313 g/mol. The van der Waals surface area contributed by atoms with E-state index in [1.165, 1.54) is 4.90 Å². The molecule has 0 saturated heterocycles. The summed E-state index contributed by atoms with van der Waals surface area (Å²) < 4.78 is 22.1. The van der Waals surface area contributed by atoms with E-state index in [-0.39, 0.29) is 30.5 Å². The van der Waals surface area contributed by atoms with Crippen molar-refractivity contribution in [2.24, 2.45) is 10.9 Å². The van der Waals surface area contributed by atoms with Gasteiger partial charge in [0.25, 0.3) is 0 Å². The molecule has 21 heavy (non-hydrogen) atoms. The highest BCUT2D eigenvalue weighted by molar-refractivity contribution is 7.90. The minimum atomic E-state index is -3.09. The molecule has 0 saturated carbocycles. The van der Waals surface area contributed by atoms with Gasteiger partial charge in [-0.1, -0.05) is 29.4 Å². The number of nitrogens with two attached hydrogens (primary N) is 1. The van der Waals surface area contributed by atoms with Gasteiger partial charge in [-0.3, -0.25) is 4.79 Å². The standard InChI is InChI=1S/C13H19N3O4S/c1-16(7-8-21(2,19)20)12(17)9-10-3-5-11(6-4-10)13(14)15-18/h3-6,18H,7-9H2,1-2H3,(H2,14,15). The molecule has 1 amide bonds. The van der Waals surface area contributed by atoms with Crippen molar-refractivity contribution in [3.8, 4) is 0 Å². The van der Waals surface area contributed by atoms with Gasteiger partial charge in [0.05, 0.1) is 12.2 Å². The minimum Gasteiger partial charge on any atom is -0.409 e. The number of benzene rings is 1. The zero-order valence-electron chi connectivity index (χ0n) is 12.0. The second kappa shape index (κ2) is 7.07. The van der Waals surface area contributed by atoms with Crippen molar-refractivity contribution < 1.29 is 18.4 Å². The number of likely N-dealkylation sites (N-methyl/N-ethyl adjacent to an activating group) is 1. The lowest BCUT2D eigenvalue weighted by Crippen LogP contribution is -2.32. The van der Waals surface area contributed by atoms with E-state index < -0.39 is 9.84 Å². The van der Waals surface area contributed by atoms with Gasteiger partial charge in [0, 0.05) is 25.4 Å². The molecule has 1 aromatic rings. The number of sulfone groups is 1. The van der Waals surface area contributed by atoms with E-state index in [1.54, 1.807) is 31.3 Å². The number of amidine groups is 1. The third-order valence-electron chi connectivity index (χ3n) is 2.94. The number of oxime groups is 1. The van der Waals surface area contributed by atoms with Crippen molar-refractivity contribution in [2.45, 2.75) is 6.42 Å². The molecule has 0 unspecified atom stereocenters. The molecular weight excluding hydrogens is 294 g/mol. The molecule has 0 spiro atoms. The van der Waals surface area contributed by atoms with E-state index in [1.807, 2.05) is 0 Å². The van der Waals surface area contributed by atoms with Crippen LogP contribution in [0, 0.1) is 0 Å². The van der Waals surface area contributed by atoms with E-state index >= 15 is 0 Å². The molecule has 0 radical (unpaired) electrons. The van der Waals surface area contributed by atoms with Crippen molar-refractivity contribution in [2.75, 3.05) is 25.6 Å². The summed E-state index contributed by atoms with van der Waals surface area (Å²) in [5.41, 5.74) is 6.76. The van der Waals surface area contributed by atoms with E-state index in [0.717, 1.165) is 11.8 Å². The number of nitrogens with zero attached hydrogens (tertiary/aromatic N) is 2. The fourth-order valence-electron chi connectivity index (χ4n) is 1.59. The summed E-state index contributed by atoms with van der Waals surface area (Å²) in [7, 11) is -1.52. The first-order valence-electron chi connectivity index (χ1n) is 6.21. The first-order chi connectivity index (χ1) is 9.73. The molecule has 0 fully saturated rings. The number of hydrogen-bond acceptors (Lipinski definition) is 5. The van der Waals surface area contributed by atoms with Gasteiger partial charge in [-0.05, 0) is 5.56 Å². The van der Waals surface area contributed by atoms with Crippen LogP contribution in [-0.4, -0.2) is 55.9 Å². The normalized spacial score (nSPS) is 12.2. The fraction of sp³-hybridized carbons (Fsp3) is 0.385. The highest BCUT2D eigenvalue weighted by atomic mass is 32.2. The van der Waals surface area contributed by atoms with E-state index in [4.69, 9.17) is 10.9 Å². The summed E-state index contributed by atoms with van der Waals surface area (Å²) >= 11 is 0. The Bertz CT molecular complexity index is 623. The van der Waals surface area contributed by atoms with Crippen molar-refractivity contribution in [1.82, 2.24) is 4.90 Å². The summed E-state index contributed by atoms with van der Waals surface area (Å²) in [4.78, 5) is 13.3. The van der Waals surface area contributed by atoms with E-state index in [2.05, 4.69) is 5.16 Å². The van der Waals surface area contributed by atoms with Crippen LogP contribution in [0.1, 0.15) is 11.1 Å². The maximum absolute atomic E-state index is 11.9. The molecule has 0 aliphatic carbocycles. The van der Waals surface area contributed by atoms with Crippen molar-refractivity contribution in [3.05, 3.63) is 35.4 Å². The first-order valence-corrected chi connectivity index (χ1v) is 8.27. The van der Waals surface area contributed by atoms with Gasteiger partial charge in [0.2, 0.25) is 5.91 Å². The summed E-state index contributed by atoms with van der Waals surface area (Å²) in [5, 5.41) is 11.4. The molecular formula is C13H19N3O4S. The summed E-state index contributed by atoms with van der Waals surface area (Å²) in [6.07, 6.45) is 1.30. The molecule has 0 heterocycles. The Morgan fingerprint density at radius 2 is 1.90 bits per heavy atom. The Balaban J connectivity index is 2.62. The maximum atomic E-state index is 11.9. The van der Waals surface area contributed by atoms with E-state index in [0.29, 0.717) is 5.56 Å². The summed E-state index contributed by atoms with van der Waals surface area (Å²) in [6, 6.07) is 6.70. The molecule has 1 aromatic carbocycles. The lowest BCUT2D eigenvalue weighted by Gasteiger charge is -2.16.